The first-order valence-electron chi connectivity index (χ1n) is 11.3. The molecule has 1 fully saturated rings. The first kappa shape index (κ1) is 25.9. The third kappa shape index (κ3) is 5.88. The Morgan fingerprint density at radius 2 is 1.88 bits per heavy atom. The van der Waals surface area contributed by atoms with Crippen LogP contribution < -0.4 is 16.4 Å². The summed E-state index contributed by atoms with van der Waals surface area (Å²) in [6.45, 7) is 4.15. The lowest BCUT2D eigenvalue weighted by Gasteiger charge is -2.38. The van der Waals surface area contributed by atoms with E-state index in [4.69, 9.17) is 34.0 Å². The van der Waals surface area contributed by atoms with Crippen molar-refractivity contribution in [1.82, 2.24) is 10.6 Å². The van der Waals surface area contributed by atoms with Gasteiger partial charge >= 0.3 is 0 Å². The number of carbonyl (C=O) groups is 1. The Labute approximate surface area is 205 Å². The molecule has 0 aliphatic carbocycles. The zero-order valence-electron chi connectivity index (χ0n) is 19.0. The molecule has 1 saturated heterocycles. The fourth-order valence-corrected chi connectivity index (χ4v) is 5.08. The Balaban J connectivity index is 2.04. The van der Waals surface area contributed by atoms with Crippen LogP contribution >= 0.6 is 23.2 Å². The molecule has 5 atom stereocenters. The van der Waals surface area contributed by atoms with E-state index in [2.05, 4.69) is 24.5 Å². The molecule has 1 aliphatic heterocycles. The summed E-state index contributed by atoms with van der Waals surface area (Å²) in [6, 6.07) is 14.2. The van der Waals surface area contributed by atoms with Gasteiger partial charge < -0.3 is 26.6 Å². The molecule has 2 aromatic rings. The van der Waals surface area contributed by atoms with E-state index in [9.17, 15) is 9.90 Å². The van der Waals surface area contributed by atoms with Crippen LogP contribution in [-0.2, 0) is 10.3 Å². The first-order chi connectivity index (χ1) is 15.7. The second kappa shape index (κ2) is 11.2. The topological polar surface area (TPSA) is 108 Å². The normalized spacial score (nSPS) is 25.9. The van der Waals surface area contributed by atoms with Crippen molar-refractivity contribution in [2.45, 2.75) is 56.3 Å². The second-order valence-electron chi connectivity index (χ2n) is 9.22. The lowest BCUT2D eigenvalue weighted by atomic mass is 9.70. The molecule has 0 radical (unpaired) electrons. The molecule has 3 rings (SSSR count). The Hall–Kier alpha value is -1.67. The maximum Gasteiger partial charge on any atom is 0.237 e. The summed E-state index contributed by atoms with van der Waals surface area (Å²) >= 11 is 12.5. The van der Waals surface area contributed by atoms with Gasteiger partial charge in [-0.05, 0) is 54.2 Å². The molecule has 8 heteroatoms. The largest absolute Gasteiger partial charge is 0.394 e. The summed E-state index contributed by atoms with van der Waals surface area (Å²) in [4.78, 5) is 13.4. The zero-order chi connectivity index (χ0) is 24.2. The van der Waals surface area contributed by atoms with E-state index in [0.717, 1.165) is 17.5 Å². The maximum atomic E-state index is 13.4. The quantitative estimate of drug-likeness (QED) is 0.368. The van der Waals surface area contributed by atoms with E-state index >= 15 is 0 Å². The fraction of sp³-hybridized carbons (Fsp3) is 0.480. The van der Waals surface area contributed by atoms with E-state index in [-0.39, 0.29) is 31.5 Å². The minimum Gasteiger partial charge on any atom is -0.394 e. The summed E-state index contributed by atoms with van der Waals surface area (Å²) < 4.78 is 0. The van der Waals surface area contributed by atoms with Crippen LogP contribution in [0.5, 0.6) is 0 Å². The SMILES string of the molecule is CC(C)CC1NC(C(=O)NCCC(O)CO)C(c2cccc(Cl)c2)C1(N)c1ccc(Cl)cc1. The van der Waals surface area contributed by atoms with Gasteiger partial charge in [0.25, 0.3) is 0 Å². The summed E-state index contributed by atoms with van der Waals surface area (Å²) in [7, 11) is 0. The number of halogens is 2. The Bertz CT molecular complexity index is 941. The van der Waals surface area contributed by atoms with Gasteiger partial charge in [0.05, 0.1) is 24.3 Å². The number of aliphatic hydroxyl groups excluding tert-OH is 2. The average molecular weight is 494 g/mol. The van der Waals surface area contributed by atoms with Crippen molar-refractivity contribution < 1.29 is 15.0 Å². The molecule has 0 saturated carbocycles. The van der Waals surface area contributed by atoms with Crippen LogP contribution in [0.1, 0.15) is 43.7 Å². The minimum atomic E-state index is -0.897. The molecule has 33 heavy (non-hydrogen) atoms. The second-order valence-corrected chi connectivity index (χ2v) is 10.1. The van der Waals surface area contributed by atoms with Crippen LogP contribution in [0.3, 0.4) is 0 Å². The van der Waals surface area contributed by atoms with Crippen molar-refractivity contribution >= 4 is 29.1 Å². The van der Waals surface area contributed by atoms with Crippen LogP contribution in [0.2, 0.25) is 10.0 Å². The smallest absolute Gasteiger partial charge is 0.237 e. The maximum absolute atomic E-state index is 13.4. The summed E-state index contributed by atoms with van der Waals surface area (Å²) in [5, 5.41) is 26.3. The molecule has 0 aromatic heterocycles. The number of carbonyl (C=O) groups excluding carboxylic acids is 1. The molecule has 2 aromatic carbocycles. The Morgan fingerprint density at radius 1 is 1.18 bits per heavy atom. The number of amides is 1. The van der Waals surface area contributed by atoms with Crippen molar-refractivity contribution in [3.63, 3.8) is 0 Å². The average Bonchev–Trinajstić information content (AvgIpc) is 3.06. The van der Waals surface area contributed by atoms with Crippen molar-refractivity contribution in [2.24, 2.45) is 11.7 Å². The Kier molecular flexibility index (Phi) is 8.78. The number of nitrogens with two attached hydrogens (primary N) is 1. The standard InChI is InChI=1S/C25H33Cl2N3O3/c1-15(2)12-21-25(28,17-6-8-18(26)9-7-17)22(16-4-3-5-19(27)13-16)23(30-21)24(33)29-11-10-20(32)14-31/h3-9,13,15,20-23,30-32H,10-12,14,28H2,1-2H3,(H,29,33). The lowest BCUT2D eigenvalue weighted by molar-refractivity contribution is -0.123. The van der Waals surface area contributed by atoms with Gasteiger partial charge in [-0.15, -0.1) is 0 Å². The monoisotopic (exact) mass is 493 g/mol. The highest BCUT2D eigenvalue weighted by molar-refractivity contribution is 6.30. The van der Waals surface area contributed by atoms with Gasteiger partial charge in [-0.25, -0.2) is 0 Å². The summed E-state index contributed by atoms with van der Waals surface area (Å²) in [6.07, 6.45) is 0.155. The van der Waals surface area contributed by atoms with Crippen LogP contribution in [0.4, 0.5) is 0 Å². The predicted octanol–water partition coefficient (Wildman–Crippen LogP) is 3.18. The third-order valence-electron chi connectivity index (χ3n) is 6.33. The van der Waals surface area contributed by atoms with Crippen LogP contribution in [0.25, 0.3) is 0 Å². The van der Waals surface area contributed by atoms with E-state index in [0.29, 0.717) is 16.0 Å². The van der Waals surface area contributed by atoms with Crippen molar-refractivity contribution in [2.75, 3.05) is 13.2 Å². The molecule has 5 unspecified atom stereocenters. The van der Waals surface area contributed by atoms with E-state index < -0.39 is 23.6 Å². The van der Waals surface area contributed by atoms with Gasteiger partial charge in [-0.1, -0.05) is 61.3 Å². The molecular formula is C25H33Cl2N3O3. The van der Waals surface area contributed by atoms with Gasteiger partial charge in [0.2, 0.25) is 5.91 Å². The van der Waals surface area contributed by atoms with Gasteiger partial charge in [0, 0.05) is 28.5 Å². The first-order valence-corrected chi connectivity index (χ1v) is 12.1. The number of aliphatic hydroxyl groups is 2. The van der Waals surface area contributed by atoms with E-state index in [1.807, 2.05) is 42.5 Å². The molecule has 1 amide bonds. The van der Waals surface area contributed by atoms with Gasteiger partial charge in [-0.2, -0.15) is 0 Å². The van der Waals surface area contributed by atoms with Crippen LogP contribution in [0.15, 0.2) is 48.5 Å². The summed E-state index contributed by atoms with van der Waals surface area (Å²) in [5.74, 6) is -0.261. The fourth-order valence-electron chi connectivity index (χ4n) is 4.76. The molecule has 180 valence electrons. The van der Waals surface area contributed by atoms with Gasteiger partial charge in [0.15, 0.2) is 0 Å². The molecule has 6 N–H and O–H groups in total. The molecule has 1 aliphatic rings. The van der Waals surface area contributed by atoms with Crippen molar-refractivity contribution in [3.05, 3.63) is 69.7 Å². The molecule has 0 bridgehead atoms. The molecule has 0 spiro atoms. The number of nitrogens with one attached hydrogen (secondary N) is 2. The lowest BCUT2D eigenvalue weighted by Crippen LogP contribution is -2.51. The minimum absolute atomic E-state index is 0.179. The highest BCUT2D eigenvalue weighted by Crippen LogP contribution is 2.47. The van der Waals surface area contributed by atoms with E-state index in [1.165, 1.54) is 0 Å². The number of hydrogen-bond donors (Lipinski definition) is 5. The van der Waals surface area contributed by atoms with Crippen LogP contribution in [-0.4, -0.2) is 47.5 Å². The van der Waals surface area contributed by atoms with E-state index in [1.54, 1.807) is 6.07 Å². The number of benzene rings is 2. The van der Waals surface area contributed by atoms with Crippen LogP contribution in [0, 0.1) is 5.92 Å². The summed E-state index contributed by atoms with van der Waals surface area (Å²) in [5.41, 5.74) is 8.14. The molecule has 1 heterocycles. The van der Waals surface area contributed by atoms with Gasteiger partial charge in [-0.3, -0.25) is 4.79 Å². The van der Waals surface area contributed by atoms with Crippen molar-refractivity contribution in [3.8, 4) is 0 Å². The number of hydrogen-bond acceptors (Lipinski definition) is 5. The molecular weight excluding hydrogens is 461 g/mol. The van der Waals surface area contributed by atoms with Crippen molar-refractivity contribution in [1.29, 1.82) is 0 Å². The highest BCUT2D eigenvalue weighted by atomic mass is 35.5. The highest BCUT2D eigenvalue weighted by Gasteiger charge is 2.56. The molecule has 6 nitrogen and oxygen atoms in total. The predicted molar refractivity (Wildman–Crippen MR) is 132 cm³/mol. The zero-order valence-corrected chi connectivity index (χ0v) is 20.5. The third-order valence-corrected chi connectivity index (χ3v) is 6.82. The Morgan fingerprint density at radius 3 is 2.48 bits per heavy atom. The van der Waals surface area contributed by atoms with Gasteiger partial charge in [0.1, 0.15) is 0 Å². The number of rotatable bonds is 9.